The summed E-state index contributed by atoms with van der Waals surface area (Å²) in [5, 5.41) is 7.73. The number of nitrogens with zero attached hydrogens (tertiary/aromatic N) is 3. The van der Waals surface area contributed by atoms with Crippen LogP contribution in [0.5, 0.6) is 0 Å². The number of hydrogen-bond acceptors (Lipinski definition) is 4. The van der Waals surface area contributed by atoms with Crippen LogP contribution >= 0.6 is 0 Å². The summed E-state index contributed by atoms with van der Waals surface area (Å²) in [7, 11) is 0. The van der Waals surface area contributed by atoms with Crippen molar-refractivity contribution in [1.29, 1.82) is 0 Å². The van der Waals surface area contributed by atoms with Gasteiger partial charge in [-0.2, -0.15) is 0 Å². The summed E-state index contributed by atoms with van der Waals surface area (Å²) in [5.41, 5.74) is 6.46. The van der Waals surface area contributed by atoms with Crippen LogP contribution in [0.4, 0.5) is 5.69 Å². The second kappa shape index (κ2) is 5.11. The lowest BCUT2D eigenvalue weighted by Gasteiger charge is -2.12. The van der Waals surface area contributed by atoms with Gasteiger partial charge in [0.05, 0.1) is 23.2 Å². The maximum Gasteiger partial charge on any atom is 0.141 e. The van der Waals surface area contributed by atoms with Gasteiger partial charge in [0.2, 0.25) is 0 Å². The Bertz CT molecular complexity index is 851. The summed E-state index contributed by atoms with van der Waals surface area (Å²) in [4.78, 5) is 4.65. The first kappa shape index (κ1) is 14.3. The topological polar surface area (TPSA) is 55.9 Å². The van der Waals surface area contributed by atoms with Crippen molar-refractivity contribution in [3.8, 4) is 11.1 Å². The molecule has 4 rings (SSSR count). The van der Waals surface area contributed by atoms with Gasteiger partial charge in [-0.15, -0.1) is 0 Å². The van der Waals surface area contributed by atoms with Crippen molar-refractivity contribution < 1.29 is 4.52 Å². The molecule has 0 unspecified atom stereocenters. The van der Waals surface area contributed by atoms with Gasteiger partial charge in [-0.25, -0.2) is 4.98 Å². The Morgan fingerprint density at radius 2 is 2.04 bits per heavy atom. The van der Waals surface area contributed by atoms with Crippen LogP contribution in [-0.2, 0) is 0 Å². The first-order valence-electron chi connectivity index (χ1n) is 8.25. The Balaban J connectivity index is 1.95. The van der Waals surface area contributed by atoms with Gasteiger partial charge in [0.15, 0.2) is 0 Å². The maximum absolute atomic E-state index is 5.36. The van der Waals surface area contributed by atoms with Crippen molar-refractivity contribution in [1.82, 2.24) is 14.7 Å². The maximum atomic E-state index is 5.36. The molecule has 1 aromatic carbocycles. The fourth-order valence-electron chi connectivity index (χ4n) is 3.14. The van der Waals surface area contributed by atoms with Crippen LogP contribution < -0.4 is 5.32 Å². The molecule has 1 aliphatic carbocycles. The molecule has 23 heavy (non-hydrogen) atoms. The molecule has 0 spiro atoms. The molecule has 0 bridgehead atoms. The number of imidazole rings is 1. The normalized spacial score (nSPS) is 14.8. The van der Waals surface area contributed by atoms with Gasteiger partial charge in [0.1, 0.15) is 11.3 Å². The highest BCUT2D eigenvalue weighted by atomic mass is 16.5. The van der Waals surface area contributed by atoms with E-state index in [-0.39, 0.29) is 0 Å². The van der Waals surface area contributed by atoms with E-state index in [0.717, 1.165) is 39.3 Å². The second-order valence-corrected chi connectivity index (χ2v) is 6.75. The number of nitrogens with one attached hydrogen (secondary N) is 1. The van der Waals surface area contributed by atoms with Gasteiger partial charge in [-0.05, 0) is 58.2 Å². The van der Waals surface area contributed by atoms with Gasteiger partial charge in [-0.3, -0.25) is 0 Å². The molecule has 0 amide bonds. The van der Waals surface area contributed by atoms with E-state index in [1.54, 1.807) is 0 Å². The lowest BCUT2D eigenvalue weighted by molar-refractivity contribution is 0.393. The third-order valence-electron chi connectivity index (χ3n) is 4.49. The number of aromatic nitrogens is 3. The molecular weight excluding hydrogens is 288 g/mol. The fourth-order valence-corrected chi connectivity index (χ4v) is 3.14. The van der Waals surface area contributed by atoms with Gasteiger partial charge in [0.25, 0.3) is 0 Å². The number of anilines is 1. The molecule has 2 aromatic heterocycles. The summed E-state index contributed by atoms with van der Waals surface area (Å²) in [5.74, 6) is 0.856. The molecular formula is C18H22N4O. The fraction of sp³-hybridized carbons (Fsp3) is 0.444. The first-order chi connectivity index (χ1) is 11.0. The van der Waals surface area contributed by atoms with Crippen LogP contribution in [0.1, 0.15) is 44.2 Å². The van der Waals surface area contributed by atoms with Crippen LogP contribution in [-0.4, -0.2) is 20.7 Å². The van der Waals surface area contributed by atoms with E-state index in [0.29, 0.717) is 12.1 Å². The Morgan fingerprint density at radius 3 is 2.65 bits per heavy atom. The summed E-state index contributed by atoms with van der Waals surface area (Å²) in [6.45, 7) is 8.31. The molecule has 120 valence electrons. The third-order valence-corrected chi connectivity index (χ3v) is 4.49. The van der Waals surface area contributed by atoms with Crippen LogP contribution in [0.2, 0.25) is 0 Å². The molecule has 5 heteroatoms. The number of benzene rings is 1. The molecule has 5 nitrogen and oxygen atoms in total. The Labute approximate surface area is 135 Å². The summed E-state index contributed by atoms with van der Waals surface area (Å²) < 4.78 is 7.58. The van der Waals surface area contributed by atoms with Crippen LogP contribution in [0.15, 0.2) is 23.0 Å². The minimum Gasteiger partial charge on any atom is -0.380 e. The monoisotopic (exact) mass is 310 g/mol. The van der Waals surface area contributed by atoms with E-state index in [9.17, 15) is 0 Å². The van der Waals surface area contributed by atoms with Crippen LogP contribution in [0.25, 0.3) is 22.2 Å². The third kappa shape index (κ3) is 2.40. The van der Waals surface area contributed by atoms with Gasteiger partial charge >= 0.3 is 0 Å². The highest BCUT2D eigenvalue weighted by molar-refractivity contribution is 5.94. The van der Waals surface area contributed by atoms with Crippen LogP contribution in [0, 0.1) is 13.8 Å². The lowest BCUT2D eigenvalue weighted by atomic mass is 10.0. The highest BCUT2D eigenvalue weighted by Crippen LogP contribution is 2.36. The molecule has 0 radical (unpaired) electrons. The molecule has 2 heterocycles. The predicted molar refractivity (Wildman–Crippen MR) is 91.7 cm³/mol. The first-order valence-corrected chi connectivity index (χ1v) is 8.25. The summed E-state index contributed by atoms with van der Waals surface area (Å²) in [6, 6.07) is 5.34. The molecule has 3 aromatic rings. The highest BCUT2D eigenvalue weighted by Gasteiger charge is 2.24. The van der Waals surface area contributed by atoms with Gasteiger partial charge in [-0.1, -0.05) is 5.16 Å². The minimum atomic E-state index is 0.369. The van der Waals surface area contributed by atoms with E-state index >= 15 is 0 Å². The lowest BCUT2D eigenvalue weighted by Crippen LogP contribution is -2.03. The van der Waals surface area contributed by atoms with E-state index in [1.165, 1.54) is 12.8 Å². The predicted octanol–water partition coefficient (Wildman–Crippen LogP) is 4.46. The van der Waals surface area contributed by atoms with Crippen molar-refractivity contribution in [2.24, 2.45) is 0 Å². The zero-order valence-electron chi connectivity index (χ0n) is 14.1. The van der Waals surface area contributed by atoms with Crippen molar-refractivity contribution >= 4 is 16.7 Å². The standard InChI is InChI=1S/C18H22N4O/c1-10(2)22-9-19-18-15(20-14-5-6-14)7-13(8-16(18)22)17-11(3)21-23-12(17)4/h7-10,14,20H,5-6H2,1-4H3. The molecule has 1 saturated carbocycles. The van der Waals surface area contributed by atoms with Crippen LogP contribution in [0.3, 0.4) is 0 Å². The van der Waals surface area contributed by atoms with Crippen molar-refractivity contribution in [3.05, 3.63) is 29.9 Å². The molecule has 1 aliphatic rings. The smallest absolute Gasteiger partial charge is 0.141 e. The Hall–Kier alpha value is -2.30. The number of rotatable bonds is 4. The number of hydrogen-bond donors (Lipinski definition) is 1. The minimum absolute atomic E-state index is 0.369. The molecule has 0 saturated heterocycles. The van der Waals surface area contributed by atoms with Crippen molar-refractivity contribution in [3.63, 3.8) is 0 Å². The molecule has 0 atom stereocenters. The SMILES string of the molecule is Cc1noc(C)c1-c1cc(NC2CC2)c2ncn(C(C)C)c2c1. The van der Waals surface area contributed by atoms with E-state index in [4.69, 9.17) is 4.52 Å². The Morgan fingerprint density at radius 1 is 1.26 bits per heavy atom. The quantitative estimate of drug-likeness (QED) is 0.773. The Kier molecular flexibility index (Phi) is 3.18. The average molecular weight is 310 g/mol. The van der Waals surface area contributed by atoms with E-state index < -0.39 is 0 Å². The summed E-state index contributed by atoms with van der Waals surface area (Å²) >= 11 is 0. The number of fused-ring (bicyclic) bond motifs is 1. The molecule has 0 aliphatic heterocycles. The van der Waals surface area contributed by atoms with E-state index in [1.807, 2.05) is 20.2 Å². The number of aryl methyl sites for hydroxylation is 2. The van der Waals surface area contributed by atoms with Gasteiger partial charge < -0.3 is 14.4 Å². The zero-order valence-corrected chi connectivity index (χ0v) is 14.1. The molecule has 1 fully saturated rings. The summed E-state index contributed by atoms with van der Waals surface area (Å²) in [6.07, 6.45) is 4.41. The van der Waals surface area contributed by atoms with Crippen molar-refractivity contribution in [2.45, 2.75) is 52.6 Å². The molecule has 1 N–H and O–H groups in total. The second-order valence-electron chi connectivity index (χ2n) is 6.75. The zero-order chi connectivity index (χ0) is 16.1. The van der Waals surface area contributed by atoms with Gasteiger partial charge in [0, 0.05) is 17.6 Å². The van der Waals surface area contributed by atoms with Crippen molar-refractivity contribution in [2.75, 3.05) is 5.32 Å². The average Bonchev–Trinajstić information content (AvgIpc) is 3.10. The largest absolute Gasteiger partial charge is 0.380 e. The van der Waals surface area contributed by atoms with E-state index in [2.05, 4.69) is 46.0 Å².